The predicted octanol–water partition coefficient (Wildman–Crippen LogP) is 3.14. The highest BCUT2D eigenvalue weighted by molar-refractivity contribution is 8.05. The van der Waals surface area contributed by atoms with Crippen molar-refractivity contribution in [3.63, 3.8) is 0 Å². The summed E-state index contributed by atoms with van der Waals surface area (Å²) in [5, 5.41) is 3.21. The summed E-state index contributed by atoms with van der Waals surface area (Å²) in [5.41, 5.74) is 2.80. The molecule has 1 aliphatic heterocycles. The number of ether oxygens (including phenoxy) is 1. The number of methoxy groups -OCH3 is 1. The van der Waals surface area contributed by atoms with Crippen LogP contribution in [0.15, 0.2) is 78.4 Å². The molecule has 2 aliphatic rings. The van der Waals surface area contributed by atoms with E-state index in [4.69, 9.17) is 4.74 Å². The summed E-state index contributed by atoms with van der Waals surface area (Å²) in [4.78, 5) is 0. The largest absolute Gasteiger partial charge is 0.497 e. The van der Waals surface area contributed by atoms with Crippen LogP contribution in [0, 0.1) is 5.92 Å². The number of hydrogen-bond acceptors (Lipinski definition) is 6. The highest BCUT2D eigenvalue weighted by Crippen LogP contribution is 2.43. The lowest BCUT2D eigenvalue weighted by Crippen LogP contribution is -2.50. The van der Waals surface area contributed by atoms with E-state index < -0.39 is 36.3 Å². The Morgan fingerprint density at radius 1 is 1.03 bits per heavy atom. The second kappa shape index (κ2) is 8.54. The molecule has 3 N–H and O–H groups in total. The van der Waals surface area contributed by atoms with Gasteiger partial charge in [-0.25, -0.2) is 0 Å². The van der Waals surface area contributed by atoms with Crippen molar-refractivity contribution in [2.24, 2.45) is 5.92 Å². The van der Waals surface area contributed by atoms with Crippen molar-refractivity contribution in [2.75, 3.05) is 7.11 Å². The van der Waals surface area contributed by atoms with E-state index in [-0.39, 0.29) is 0 Å². The van der Waals surface area contributed by atoms with Gasteiger partial charge in [-0.2, -0.15) is 16.8 Å². The molecule has 0 fully saturated rings. The zero-order valence-corrected chi connectivity index (χ0v) is 19.3. The zero-order chi connectivity index (χ0) is 23.9. The van der Waals surface area contributed by atoms with E-state index in [1.54, 1.807) is 30.3 Å². The molecule has 0 amide bonds. The average molecular weight is 490 g/mol. The molecule has 1 aliphatic carbocycles. The molecule has 0 aromatic heterocycles. The van der Waals surface area contributed by atoms with E-state index >= 15 is 0 Å². The van der Waals surface area contributed by atoms with Crippen LogP contribution in [0.3, 0.4) is 0 Å². The van der Waals surface area contributed by atoms with Crippen molar-refractivity contribution in [3.8, 4) is 5.75 Å². The summed E-state index contributed by atoms with van der Waals surface area (Å²) in [6.45, 7) is 0.511. The van der Waals surface area contributed by atoms with Crippen molar-refractivity contribution in [1.82, 2.24) is 5.32 Å². The number of nitrogens with one attached hydrogen (secondary N) is 1. The number of fused-ring (bicyclic) bond motifs is 1. The van der Waals surface area contributed by atoms with Gasteiger partial charge in [0.1, 0.15) is 5.75 Å². The van der Waals surface area contributed by atoms with Crippen molar-refractivity contribution >= 4 is 26.3 Å². The van der Waals surface area contributed by atoms with Gasteiger partial charge in [-0.05, 0) is 40.5 Å². The second-order valence-corrected chi connectivity index (χ2v) is 11.4. The third-order valence-corrected chi connectivity index (χ3v) is 9.60. The third-order valence-electron chi connectivity index (χ3n) is 5.94. The summed E-state index contributed by atoms with van der Waals surface area (Å²) >= 11 is 0. The van der Waals surface area contributed by atoms with Gasteiger partial charge < -0.3 is 10.1 Å². The van der Waals surface area contributed by atoms with Crippen LogP contribution in [0.4, 0.5) is 0 Å². The van der Waals surface area contributed by atoms with Gasteiger partial charge in [-0.3, -0.25) is 9.11 Å². The fraction of sp³-hybridized carbons (Fsp3) is 0.217. The number of allylic oxidation sites excluding steroid dienone is 2. The van der Waals surface area contributed by atoms with Gasteiger partial charge in [-0.15, -0.1) is 0 Å². The Morgan fingerprint density at radius 2 is 1.70 bits per heavy atom. The van der Waals surface area contributed by atoms with Crippen LogP contribution < -0.4 is 10.1 Å². The average Bonchev–Trinajstić information content (AvgIpc) is 3.20. The van der Waals surface area contributed by atoms with Crippen molar-refractivity contribution in [2.45, 2.75) is 16.7 Å². The summed E-state index contributed by atoms with van der Waals surface area (Å²) in [7, 11) is -9.11. The maximum Gasteiger partial charge on any atom is 0.292 e. The van der Waals surface area contributed by atoms with E-state index in [0.29, 0.717) is 23.4 Å². The molecule has 33 heavy (non-hydrogen) atoms. The Hall–Kier alpha value is -2.76. The summed E-state index contributed by atoms with van der Waals surface area (Å²) in [5.74, 6) is -0.767. The summed E-state index contributed by atoms with van der Waals surface area (Å²) in [6.07, 6.45) is 6.74. The van der Waals surface area contributed by atoms with Crippen LogP contribution in [0.25, 0.3) is 6.08 Å². The number of benzene rings is 2. The van der Waals surface area contributed by atoms with Gasteiger partial charge in [0.25, 0.3) is 24.3 Å². The SMILES string of the molecule is COc1ccc(C=CC2C=CC(C3NCc4ccccc43)=CC2(S(=O)(=O)O)S(=O)(=O)O)cc1. The smallest absolute Gasteiger partial charge is 0.292 e. The molecule has 0 saturated heterocycles. The molecule has 8 nitrogen and oxygen atoms in total. The maximum atomic E-state index is 12.5. The van der Waals surface area contributed by atoms with Gasteiger partial charge in [0, 0.05) is 12.5 Å². The van der Waals surface area contributed by atoms with Gasteiger partial charge in [0.2, 0.25) is 0 Å². The predicted molar refractivity (Wildman–Crippen MR) is 125 cm³/mol. The third kappa shape index (κ3) is 4.16. The molecule has 4 rings (SSSR count). The highest BCUT2D eigenvalue weighted by atomic mass is 32.3. The standard InChI is InChI=1S/C23H23NO7S2/c1-31-20-12-7-16(8-13-20)6-10-19-11-9-17(14-23(19,32(25,26)27)33(28,29)30)22-21-5-3-2-4-18(21)15-24-22/h2-14,19,22,24H,15H2,1H3,(H,25,26,27)(H,28,29,30). The summed E-state index contributed by atoms with van der Waals surface area (Å²) in [6, 6.07) is 13.7. The monoisotopic (exact) mass is 489 g/mol. The normalized spacial score (nSPS) is 22.2. The molecule has 0 bridgehead atoms. The summed E-state index contributed by atoms with van der Waals surface area (Å²) < 4.78 is 72.4. The van der Waals surface area contributed by atoms with Gasteiger partial charge in [0.05, 0.1) is 13.2 Å². The van der Waals surface area contributed by atoms with E-state index in [0.717, 1.165) is 17.2 Å². The van der Waals surface area contributed by atoms with Crippen molar-refractivity contribution in [3.05, 3.63) is 95.1 Å². The Morgan fingerprint density at radius 3 is 2.33 bits per heavy atom. The van der Waals surface area contributed by atoms with Gasteiger partial charge >= 0.3 is 0 Å². The van der Waals surface area contributed by atoms with E-state index in [9.17, 15) is 25.9 Å². The first-order valence-corrected chi connectivity index (χ1v) is 12.9. The van der Waals surface area contributed by atoms with E-state index in [1.807, 2.05) is 24.3 Å². The number of hydrogen-bond donors (Lipinski definition) is 3. The molecule has 2 atom stereocenters. The minimum absolute atomic E-state index is 0.310. The Bertz CT molecular complexity index is 1330. The van der Waals surface area contributed by atoms with E-state index in [1.165, 1.54) is 25.3 Å². The van der Waals surface area contributed by atoms with Crippen LogP contribution in [0.1, 0.15) is 22.7 Å². The molecule has 174 valence electrons. The maximum absolute atomic E-state index is 12.5. The van der Waals surface area contributed by atoms with Gasteiger partial charge in [-0.1, -0.05) is 60.7 Å². The van der Waals surface area contributed by atoms with Gasteiger partial charge in [0.15, 0.2) is 0 Å². The quantitative estimate of drug-likeness (QED) is 0.528. The lowest BCUT2D eigenvalue weighted by atomic mass is 9.89. The molecule has 2 unspecified atom stereocenters. The fourth-order valence-electron chi connectivity index (χ4n) is 4.26. The first-order chi connectivity index (χ1) is 15.6. The Labute approximate surface area is 192 Å². The molecule has 0 spiro atoms. The van der Waals surface area contributed by atoms with Crippen LogP contribution in [-0.4, -0.2) is 37.1 Å². The molecule has 2 aromatic carbocycles. The molecule has 1 heterocycles. The molecule has 2 aromatic rings. The molecular weight excluding hydrogens is 466 g/mol. The lowest BCUT2D eigenvalue weighted by molar-refractivity contribution is 0.415. The number of rotatable bonds is 6. The molecule has 0 radical (unpaired) electrons. The topological polar surface area (TPSA) is 130 Å². The van der Waals surface area contributed by atoms with Crippen LogP contribution in [-0.2, 0) is 26.8 Å². The van der Waals surface area contributed by atoms with Crippen LogP contribution in [0.5, 0.6) is 5.75 Å². The van der Waals surface area contributed by atoms with Crippen molar-refractivity contribution < 1.29 is 30.7 Å². The Kier molecular flexibility index (Phi) is 6.06. The van der Waals surface area contributed by atoms with Crippen molar-refractivity contribution in [1.29, 1.82) is 0 Å². The first kappa shape index (κ1) is 23.4. The minimum Gasteiger partial charge on any atom is -0.497 e. The Balaban J connectivity index is 1.80. The van der Waals surface area contributed by atoms with E-state index in [2.05, 4.69) is 5.32 Å². The molecule has 0 saturated carbocycles. The highest BCUT2D eigenvalue weighted by Gasteiger charge is 2.58. The zero-order valence-electron chi connectivity index (χ0n) is 17.6. The van der Waals surface area contributed by atoms with Crippen LogP contribution >= 0.6 is 0 Å². The fourth-order valence-corrected chi connectivity index (χ4v) is 6.89. The second-order valence-electron chi connectivity index (χ2n) is 7.85. The lowest BCUT2D eigenvalue weighted by Gasteiger charge is -2.33. The molecule has 10 heteroatoms. The van der Waals surface area contributed by atoms with Crippen LogP contribution in [0.2, 0.25) is 0 Å². The molecular formula is C23H23NO7S2. The minimum atomic E-state index is -5.31. The first-order valence-electron chi connectivity index (χ1n) is 10.1.